The zero-order valence-electron chi connectivity index (χ0n) is 10.4. The fraction of sp³-hybridized carbons (Fsp3) is 0.500. The summed E-state index contributed by atoms with van der Waals surface area (Å²) in [5, 5.41) is 3.06. The molecule has 1 aromatic carbocycles. The molecule has 0 heterocycles. The maximum absolute atomic E-state index is 12.4. The monoisotopic (exact) mass is 421 g/mol. The van der Waals surface area contributed by atoms with Crippen LogP contribution in [0.25, 0.3) is 0 Å². The van der Waals surface area contributed by atoms with E-state index in [-0.39, 0.29) is 11.3 Å². The SMILES string of the molecule is CC1(C(=O)Nc2ccc(Br)c(I)c2)CCCCC1. The molecule has 0 radical (unpaired) electrons. The van der Waals surface area contributed by atoms with Crippen molar-refractivity contribution in [1.29, 1.82) is 0 Å². The second-order valence-corrected chi connectivity index (χ2v) is 7.22. The summed E-state index contributed by atoms with van der Waals surface area (Å²) in [5.41, 5.74) is 0.705. The lowest BCUT2D eigenvalue weighted by Crippen LogP contribution is -2.35. The molecule has 18 heavy (non-hydrogen) atoms. The van der Waals surface area contributed by atoms with Gasteiger partial charge in [0.2, 0.25) is 5.91 Å². The van der Waals surface area contributed by atoms with Crippen LogP contribution in [0.4, 0.5) is 5.69 Å². The van der Waals surface area contributed by atoms with Crippen molar-refractivity contribution in [2.75, 3.05) is 5.32 Å². The first-order valence-corrected chi connectivity index (χ1v) is 8.15. The van der Waals surface area contributed by atoms with Gasteiger partial charge in [-0.2, -0.15) is 0 Å². The first kappa shape index (κ1) is 14.3. The minimum Gasteiger partial charge on any atom is -0.326 e. The zero-order chi connectivity index (χ0) is 13.2. The molecule has 1 amide bonds. The first-order valence-electron chi connectivity index (χ1n) is 6.28. The van der Waals surface area contributed by atoms with Crippen LogP contribution in [0.5, 0.6) is 0 Å². The summed E-state index contributed by atoms with van der Waals surface area (Å²) < 4.78 is 2.17. The minimum absolute atomic E-state index is 0.167. The Balaban J connectivity index is 2.08. The Bertz CT molecular complexity index is 455. The molecule has 0 atom stereocenters. The molecule has 1 aliphatic carbocycles. The number of anilines is 1. The van der Waals surface area contributed by atoms with E-state index in [9.17, 15) is 4.79 Å². The van der Waals surface area contributed by atoms with Gasteiger partial charge < -0.3 is 5.32 Å². The van der Waals surface area contributed by atoms with Crippen LogP contribution >= 0.6 is 38.5 Å². The van der Waals surface area contributed by atoms with Gasteiger partial charge in [-0.3, -0.25) is 4.79 Å². The number of carbonyl (C=O) groups excluding carboxylic acids is 1. The van der Waals surface area contributed by atoms with E-state index in [1.807, 2.05) is 18.2 Å². The van der Waals surface area contributed by atoms with Crippen molar-refractivity contribution in [2.45, 2.75) is 39.0 Å². The van der Waals surface area contributed by atoms with Crippen molar-refractivity contribution in [1.82, 2.24) is 0 Å². The van der Waals surface area contributed by atoms with Crippen LogP contribution in [-0.2, 0) is 4.79 Å². The van der Waals surface area contributed by atoms with Crippen molar-refractivity contribution < 1.29 is 4.79 Å². The van der Waals surface area contributed by atoms with Crippen molar-refractivity contribution >= 4 is 50.1 Å². The van der Waals surface area contributed by atoms with Crippen LogP contribution in [0.1, 0.15) is 39.0 Å². The van der Waals surface area contributed by atoms with Crippen LogP contribution in [0.2, 0.25) is 0 Å². The van der Waals surface area contributed by atoms with Gasteiger partial charge in [-0.1, -0.05) is 26.2 Å². The van der Waals surface area contributed by atoms with Gasteiger partial charge >= 0.3 is 0 Å². The molecule has 0 saturated heterocycles. The third-order valence-corrected chi connectivity index (χ3v) is 6.01. The summed E-state index contributed by atoms with van der Waals surface area (Å²) in [4.78, 5) is 12.4. The summed E-state index contributed by atoms with van der Waals surface area (Å²) in [7, 11) is 0. The Hall–Kier alpha value is -0.100. The van der Waals surface area contributed by atoms with Gasteiger partial charge in [0.15, 0.2) is 0 Å². The average molecular weight is 422 g/mol. The van der Waals surface area contributed by atoms with Crippen LogP contribution < -0.4 is 5.32 Å². The standard InChI is InChI=1S/C14H17BrINO/c1-14(7-3-2-4-8-14)13(18)17-10-5-6-11(15)12(16)9-10/h5-6,9H,2-4,7-8H2,1H3,(H,17,18). The summed E-state index contributed by atoms with van der Waals surface area (Å²) in [6, 6.07) is 5.91. The molecule has 0 aromatic heterocycles. The van der Waals surface area contributed by atoms with E-state index in [0.29, 0.717) is 0 Å². The maximum atomic E-state index is 12.4. The third-order valence-electron chi connectivity index (χ3n) is 3.68. The highest BCUT2D eigenvalue weighted by Crippen LogP contribution is 2.37. The summed E-state index contributed by atoms with van der Waals surface area (Å²) in [5.74, 6) is 0.167. The lowest BCUT2D eigenvalue weighted by molar-refractivity contribution is -0.126. The Morgan fingerprint density at radius 2 is 2.00 bits per heavy atom. The molecule has 0 spiro atoms. The molecular weight excluding hydrogens is 405 g/mol. The number of amides is 1. The number of hydrogen-bond donors (Lipinski definition) is 1. The summed E-state index contributed by atoms with van der Waals surface area (Å²) in [6.45, 7) is 2.09. The third kappa shape index (κ3) is 3.26. The quantitative estimate of drug-likeness (QED) is 0.671. The Morgan fingerprint density at radius 1 is 1.33 bits per heavy atom. The highest BCUT2D eigenvalue weighted by atomic mass is 127. The van der Waals surface area contributed by atoms with E-state index in [1.54, 1.807) is 0 Å². The van der Waals surface area contributed by atoms with E-state index in [4.69, 9.17) is 0 Å². The molecule has 4 heteroatoms. The second-order valence-electron chi connectivity index (χ2n) is 5.20. The Labute approximate surface area is 130 Å². The molecule has 1 saturated carbocycles. The highest BCUT2D eigenvalue weighted by molar-refractivity contribution is 14.1. The molecule has 98 valence electrons. The molecule has 1 aliphatic rings. The second kappa shape index (κ2) is 5.90. The predicted octanol–water partition coefficient (Wildman–Crippen LogP) is 4.96. The first-order chi connectivity index (χ1) is 8.51. The normalized spacial score (nSPS) is 18.4. The van der Waals surface area contributed by atoms with Gasteiger partial charge in [-0.25, -0.2) is 0 Å². The van der Waals surface area contributed by atoms with E-state index in [2.05, 4.69) is 50.8 Å². The molecule has 2 rings (SSSR count). The molecule has 0 bridgehead atoms. The van der Waals surface area contributed by atoms with Crippen LogP contribution in [0.15, 0.2) is 22.7 Å². The topological polar surface area (TPSA) is 29.1 Å². The molecule has 1 aromatic rings. The number of carbonyl (C=O) groups is 1. The van der Waals surface area contributed by atoms with Crippen molar-refractivity contribution in [3.63, 3.8) is 0 Å². The fourth-order valence-corrected chi connectivity index (χ4v) is 3.18. The highest BCUT2D eigenvalue weighted by Gasteiger charge is 2.34. The van der Waals surface area contributed by atoms with E-state index < -0.39 is 0 Å². The molecule has 1 fully saturated rings. The zero-order valence-corrected chi connectivity index (χ0v) is 14.2. The Morgan fingerprint density at radius 3 is 2.61 bits per heavy atom. The van der Waals surface area contributed by atoms with Crippen molar-refractivity contribution in [2.24, 2.45) is 5.41 Å². The van der Waals surface area contributed by atoms with E-state index in [0.717, 1.165) is 26.6 Å². The van der Waals surface area contributed by atoms with Gasteiger partial charge in [0.25, 0.3) is 0 Å². The van der Waals surface area contributed by atoms with Crippen molar-refractivity contribution in [3.8, 4) is 0 Å². The lowest BCUT2D eigenvalue weighted by atomic mass is 9.75. The van der Waals surface area contributed by atoms with E-state index in [1.165, 1.54) is 19.3 Å². The lowest BCUT2D eigenvalue weighted by Gasteiger charge is -2.32. The van der Waals surface area contributed by atoms with Gasteiger partial charge in [-0.15, -0.1) is 0 Å². The van der Waals surface area contributed by atoms with E-state index >= 15 is 0 Å². The molecule has 0 unspecified atom stereocenters. The fourth-order valence-electron chi connectivity index (χ4n) is 2.42. The average Bonchev–Trinajstić information content (AvgIpc) is 2.35. The van der Waals surface area contributed by atoms with Crippen LogP contribution in [-0.4, -0.2) is 5.91 Å². The number of halogens is 2. The van der Waals surface area contributed by atoms with Crippen LogP contribution in [0.3, 0.4) is 0 Å². The van der Waals surface area contributed by atoms with Gasteiger partial charge in [0, 0.05) is 19.1 Å². The molecule has 2 nitrogen and oxygen atoms in total. The smallest absolute Gasteiger partial charge is 0.230 e. The maximum Gasteiger partial charge on any atom is 0.230 e. The number of benzene rings is 1. The van der Waals surface area contributed by atoms with Crippen molar-refractivity contribution in [3.05, 3.63) is 26.2 Å². The number of rotatable bonds is 2. The molecule has 1 N–H and O–H groups in total. The van der Waals surface area contributed by atoms with Gasteiger partial charge in [0.05, 0.1) is 0 Å². The van der Waals surface area contributed by atoms with Gasteiger partial charge in [0.1, 0.15) is 0 Å². The predicted molar refractivity (Wildman–Crippen MR) is 86.7 cm³/mol. The number of hydrogen-bond acceptors (Lipinski definition) is 1. The molecular formula is C14H17BrINO. The Kier molecular flexibility index (Phi) is 4.69. The molecule has 0 aliphatic heterocycles. The van der Waals surface area contributed by atoms with Gasteiger partial charge in [-0.05, 0) is 69.6 Å². The summed E-state index contributed by atoms with van der Waals surface area (Å²) >= 11 is 5.72. The largest absolute Gasteiger partial charge is 0.326 e. The van der Waals surface area contributed by atoms with Crippen LogP contribution in [0, 0.1) is 8.99 Å². The summed E-state index contributed by atoms with van der Waals surface area (Å²) in [6.07, 6.45) is 5.61. The minimum atomic E-state index is -0.184. The number of nitrogens with one attached hydrogen (secondary N) is 1.